The highest BCUT2D eigenvalue weighted by molar-refractivity contribution is 5.70. The van der Waals surface area contributed by atoms with E-state index < -0.39 is 5.97 Å². The van der Waals surface area contributed by atoms with Crippen LogP contribution in [0.2, 0.25) is 0 Å². The molecule has 3 heteroatoms. The Bertz CT molecular complexity index is 254. The van der Waals surface area contributed by atoms with Crippen LogP contribution in [-0.2, 0) is 4.79 Å². The molecule has 0 spiro atoms. The molecule has 0 fully saturated rings. The molecule has 1 heterocycles. The number of aromatic amines is 1. The first-order valence-electron chi connectivity index (χ1n) is 3.99. The Labute approximate surface area is 71.4 Å². The zero-order valence-electron chi connectivity index (χ0n) is 7.24. The van der Waals surface area contributed by atoms with Crippen LogP contribution in [-0.4, -0.2) is 16.1 Å². The van der Waals surface area contributed by atoms with Gasteiger partial charge in [0.2, 0.25) is 0 Å². The maximum Gasteiger partial charge on any atom is 0.306 e. The normalized spacial score (nSPS) is 15.5. The fraction of sp³-hybridized carbons (Fsp3) is 0.444. The fourth-order valence-corrected chi connectivity index (χ4v) is 1.11. The van der Waals surface area contributed by atoms with Gasteiger partial charge in [-0.15, -0.1) is 0 Å². The second-order valence-corrected chi connectivity index (χ2v) is 3.04. The lowest BCUT2D eigenvalue weighted by Gasteiger charge is -2.13. The Morgan fingerprint density at radius 3 is 2.67 bits per heavy atom. The Morgan fingerprint density at radius 2 is 2.25 bits per heavy atom. The number of rotatable bonds is 3. The van der Waals surface area contributed by atoms with Crippen LogP contribution < -0.4 is 0 Å². The van der Waals surface area contributed by atoms with Crippen molar-refractivity contribution >= 4 is 5.97 Å². The van der Waals surface area contributed by atoms with Gasteiger partial charge >= 0.3 is 5.97 Å². The zero-order valence-corrected chi connectivity index (χ0v) is 7.24. The van der Waals surface area contributed by atoms with Gasteiger partial charge in [0.1, 0.15) is 0 Å². The van der Waals surface area contributed by atoms with Crippen LogP contribution in [0.3, 0.4) is 0 Å². The van der Waals surface area contributed by atoms with Crippen molar-refractivity contribution in [2.24, 2.45) is 5.92 Å². The monoisotopic (exact) mass is 167 g/mol. The van der Waals surface area contributed by atoms with Gasteiger partial charge in [0.05, 0.1) is 5.92 Å². The van der Waals surface area contributed by atoms with E-state index in [1.165, 1.54) is 0 Å². The Kier molecular flexibility index (Phi) is 2.53. The van der Waals surface area contributed by atoms with Crippen LogP contribution >= 0.6 is 0 Å². The first-order chi connectivity index (χ1) is 5.63. The second kappa shape index (κ2) is 3.43. The minimum Gasteiger partial charge on any atom is -0.481 e. The van der Waals surface area contributed by atoms with Gasteiger partial charge in [-0.1, -0.05) is 13.8 Å². The average Bonchev–Trinajstić information content (AvgIpc) is 2.53. The Morgan fingerprint density at radius 1 is 1.58 bits per heavy atom. The van der Waals surface area contributed by atoms with Gasteiger partial charge in [0, 0.05) is 17.8 Å². The number of hydrogen-bond donors (Lipinski definition) is 2. The number of H-pyrrole nitrogens is 1. The van der Waals surface area contributed by atoms with E-state index >= 15 is 0 Å². The molecule has 0 saturated heterocycles. The summed E-state index contributed by atoms with van der Waals surface area (Å²) >= 11 is 0. The van der Waals surface area contributed by atoms with Crippen molar-refractivity contribution in [2.45, 2.75) is 19.8 Å². The Hall–Kier alpha value is -1.25. The third-order valence-corrected chi connectivity index (χ3v) is 2.25. The lowest BCUT2D eigenvalue weighted by Crippen LogP contribution is -2.16. The molecule has 2 unspecified atom stereocenters. The van der Waals surface area contributed by atoms with Gasteiger partial charge in [0.15, 0.2) is 0 Å². The standard InChI is InChI=1S/C9H13NO2/c1-6(7(2)9(11)12)8-4-3-5-10-8/h3-7,10H,1-2H3,(H,11,12). The van der Waals surface area contributed by atoms with Gasteiger partial charge in [-0.2, -0.15) is 0 Å². The number of carboxylic acid groups (broad SMARTS) is 1. The van der Waals surface area contributed by atoms with Crippen LogP contribution in [0.4, 0.5) is 0 Å². The van der Waals surface area contributed by atoms with Crippen LogP contribution in [0.15, 0.2) is 18.3 Å². The third-order valence-electron chi connectivity index (χ3n) is 2.25. The number of aliphatic carboxylic acids is 1. The van der Waals surface area contributed by atoms with Gasteiger partial charge in [0.25, 0.3) is 0 Å². The molecule has 0 bridgehead atoms. The largest absolute Gasteiger partial charge is 0.481 e. The maximum atomic E-state index is 10.6. The molecule has 0 amide bonds. The van der Waals surface area contributed by atoms with E-state index in [1.807, 2.05) is 19.1 Å². The molecule has 66 valence electrons. The van der Waals surface area contributed by atoms with E-state index in [2.05, 4.69) is 4.98 Å². The Balaban J connectivity index is 2.71. The lowest BCUT2D eigenvalue weighted by molar-refractivity contribution is -0.141. The first-order valence-corrected chi connectivity index (χ1v) is 3.99. The highest BCUT2D eigenvalue weighted by Gasteiger charge is 2.20. The lowest BCUT2D eigenvalue weighted by atomic mass is 9.93. The van der Waals surface area contributed by atoms with E-state index in [9.17, 15) is 4.79 Å². The predicted molar refractivity (Wildman–Crippen MR) is 46.0 cm³/mol. The number of nitrogens with one attached hydrogen (secondary N) is 1. The number of carboxylic acids is 1. The summed E-state index contributed by atoms with van der Waals surface area (Å²) in [6, 6.07) is 3.78. The van der Waals surface area contributed by atoms with E-state index in [0.717, 1.165) is 5.69 Å². The molecule has 1 rings (SSSR count). The zero-order chi connectivity index (χ0) is 9.14. The van der Waals surface area contributed by atoms with Crippen LogP contribution in [0.1, 0.15) is 25.5 Å². The molecule has 1 aromatic heterocycles. The summed E-state index contributed by atoms with van der Waals surface area (Å²) < 4.78 is 0. The molecule has 0 aliphatic carbocycles. The summed E-state index contributed by atoms with van der Waals surface area (Å²) in [5.74, 6) is -1.06. The third kappa shape index (κ3) is 1.67. The number of hydrogen-bond acceptors (Lipinski definition) is 1. The molecule has 2 atom stereocenters. The summed E-state index contributed by atoms with van der Waals surface area (Å²) in [5, 5.41) is 8.74. The van der Waals surface area contributed by atoms with Crippen molar-refractivity contribution in [1.29, 1.82) is 0 Å². The number of carbonyl (C=O) groups is 1. The highest BCUT2D eigenvalue weighted by atomic mass is 16.4. The first kappa shape index (κ1) is 8.84. The van der Waals surface area contributed by atoms with E-state index in [4.69, 9.17) is 5.11 Å². The molecule has 2 N–H and O–H groups in total. The summed E-state index contributed by atoms with van der Waals surface area (Å²) in [7, 11) is 0. The topological polar surface area (TPSA) is 53.1 Å². The van der Waals surface area contributed by atoms with Crippen molar-refractivity contribution in [3.63, 3.8) is 0 Å². The van der Waals surface area contributed by atoms with Gasteiger partial charge in [-0.05, 0) is 12.1 Å². The molecular weight excluding hydrogens is 154 g/mol. The molecule has 12 heavy (non-hydrogen) atoms. The molecule has 0 aliphatic rings. The molecule has 0 aliphatic heterocycles. The van der Waals surface area contributed by atoms with E-state index in [0.29, 0.717) is 0 Å². The van der Waals surface area contributed by atoms with Crippen molar-refractivity contribution < 1.29 is 9.90 Å². The molecule has 3 nitrogen and oxygen atoms in total. The SMILES string of the molecule is CC(C(=O)O)C(C)c1ccc[nH]1. The highest BCUT2D eigenvalue weighted by Crippen LogP contribution is 2.22. The van der Waals surface area contributed by atoms with Crippen molar-refractivity contribution in [3.05, 3.63) is 24.0 Å². The van der Waals surface area contributed by atoms with Crippen molar-refractivity contribution in [2.75, 3.05) is 0 Å². The molecular formula is C9H13NO2. The van der Waals surface area contributed by atoms with Gasteiger partial charge in [-0.3, -0.25) is 4.79 Å². The van der Waals surface area contributed by atoms with Crippen molar-refractivity contribution in [3.8, 4) is 0 Å². The fourth-order valence-electron chi connectivity index (χ4n) is 1.11. The molecule has 0 aromatic carbocycles. The van der Waals surface area contributed by atoms with E-state index in [1.54, 1.807) is 13.1 Å². The quantitative estimate of drug-likeness (QED) is 0.721. The van der Waals surface area contributed by atoms with Crippen molar-refractivity contribution in [1.82, 2.24) is 4.98 Å². The molecule has 1 aromatic rings. The van der Waals surface area contributed by atoms with Crippen LogP contribution in [0.5, 0.6) is 0 Å². The number of aromatic nitrogens is 1. The average molecular weight is 167 g/mol. The summed E-state index contributed by atoms with van der Waals surface area (Å²) in [5.41, 5.74) is 0.977. The molecule has 0 saturated carbocycles. The van der Waals surface area contributed by atoms with E-state index in [-0.39, 0.29) is 11.8 Å². The minimum atomic E-state index is -0.753. The van der Waals surface area contributed by atoms with Gasteiger partial charge in [-0.25, -0.2) is 0 Å². The predicted octanol–water partition coefficient (Wildman–Crippen LogP) is 1.84. The smallest absolute Gasteiger partial charge is 0.306 e. The second-order valence-electron chi connectivity index (χ2n) is 3.04. The summed E-state index contributed by atoms with van der Waals surface area (Å²) in [6.07, 6.45) is 1.81. The minimum absolute atomic E-state index is 0.0394. The molecule has 0 radical (unpaired) electrons. The van der Waals surface area contributed by atoms with Crippen LogP contribution in [0.25, 0.3) is 0 Å². The maximum absolute atomic E-state index is 10.6. The van der Waals surface area contributed by atoms with Crippen LogP contribution in [0, 0.1) is 5.92 Å². The summed E-state index contributed by atoms with van der Waals surface area (Å²) in [6.45, 7) is 3.62. The van der Waals surface area contributed by atoms with Gasteiger partial charge < -0.3 is 10.1 Å². The summed E-state index contributed by atoms with van der Waals surface area (Å²) in [4.78, 5) is 13.6.